The summed E-state index contributed by atoms with van der Waals surface area (Å²) in [5.74, 6) is 0. The predicted octanol–water partition coefficient (Wildman–Crippen LogP) is 2.51. The average molecular weight is 194 g/mol. The summed E-state index contributed by atoms with van der Waals surface area (Å²) in [5.41, 5.74) is 5.01. The van der Waals surface area contributed by atoms with E-state index in [9.17, 15) is 0 Å². The largest absolute Gasteiger partial charge is 0.372 e. The van der Waals surface area contributed by atoms with E-state index in [1.165, 1.54) is 5.69 Å². The molecule has 1 rings (SSSR count). The fourth-order valence-corrected chi connectivity index (χ4v) is 1.45. The molecule has 78 valence electrons. The van der Waals surface area contributed by atoms with Crippen molar-refractivity contribution < 1.29 is 4.84 Å². The minimum Gasteiger partial charge on any atom is -0.372 e. The Labute approximate surface area is 85.6 Å². The highest BCUT2D eigenvalue weighted by molar-refractivity contribution is 5.54. The standard InChI is InChI=1S/C11H18N2O/c1-4-13(5-2)11-8-6-10(7-9-11)12-14-3/h6-9,12H,4-5H2,1-3H3. The Morgan fingerprint density at radius 2 is 1.71 bits per heavy atom. The quantitative estimate of drug-likeness (QED) is 0.729. The molecule has 0 atom stereocenters. The van der Waals surface area contributed by atoms with Crippen molar-refractivity contribution in [2.24, 2.45) is 0 Å². The molecule has 0 heterocycles. The molecule has 0 bridgehead atoms. The lowest BCUT2D eigenvalue weighted by atomic mass is 10.2. The zero-order valence-electron chi connectivity index (χ0n) is 9.08. The first-order chi connectivity index (χ1) is 6.81. The Balaban J connectivity index is 2.71. The summed E-state index contributed by atoms with van der Waals surface area (Å²) in [6, 6.07) is 8.21. The third-order valence-corrected chi connectivity index (χ3v) is 2.22. The van der Waals surface area contributed by atoms with Crippen LogP contribution in [0, 0.1) is 0 Å². The molecular weight excluding hydrogens is 176 g/mol. The Morgan fingerprint density at radius 1 is 1.14 bits per heavy atom. The van der Waals surface area contributed by atoms with Crippen molar-refractivity contribution in [3.8, 4) is 0 Å². The predicted molar refractivity (Wildman–Crippen MR) is 60.6 cm³/mol. The van der Waals surface area contributed by atoms with E-state index >= 15 is 0 Å². The molecule has 0 amide bonds. The van der Waals surface area contributed by atoms with Gasteiger partial charge in [-0.3, -0.25) is 10.3 Å². The summed E-state index contributed by atoms with van der Waals surface area (Å²) in [6.45, 7) is 6.39. The van der Waals surface area contributed by atoms with Crippen molar-refractivity contribution in [1.82, 2.24) is 0 Å². The summed E-state index contributed by atoms with van der Waals surface area (Å²) in [5, 5.41) is 0. The first-order valence-electron chi connectivity index (χ1n) is 4.95. The summed E-state index contributed by atoms with van der Waals surface area (Å²) < 4.78 is 0. The fourth-order valence-electron chi connectivity index (χ4n) is 1.45. The molecule has 0 saturated heterocycles. The van der Waals surface area contributed by atoms with E-state index in [4.69, 9.17) is 4.84 Å². The summed E-state index contributed by atoms with van der Waals surface area (Å²) in [6.07, 6.45) is 0. The van der Waals surface area contributed by atoms with E-state index in [0.717, 1.165) is 18.8 Å². The molecule has 0 aliphatic carbocycles. The van der Waals surface area contributed by atoms with Crippen LogP contribution in [-0.4, -0.2) is 20.2 Å². The highest BCUT2D eigenvalue weighted by Gasteiger charge is 2.00. The molecule has 0 aliphatic heterocycles. The minimum absolute atomic E-state index is 0.975. The van der Waals surface area contributed by atoms with Crippen molar-refractivity contribution in [3.63, 3.8) is 0 Å². The zero-order valence-corrected chi connectivity index (χ0v) is 9.08. The van der Waals surface area contributed by atoms with E-state index < -0.39 is 0 Å². The molecular formula is C11H18N2O. The van der Waals surface area contributed by atoms with Crippen molar-refractivity contribution in [2.75, 3.05) is 30.6 Å². The van der Waals surface area contributed by atoms with Crippen LogP contribution < -0.4 is 10.4 Å². The van der Waals surface area contributed by atoms with Gasteiger partial charge in [0.05, 0.1) is 12.8 Å². The Kier molecular flexibility index (Phi) is 4.26. The van der Waals surface area contributed by atoms with Crippen LogP contribution in [0.4, 0.5) is 11.4 Å². The molecule has 0 aromatic heterocycles. The van der Waals surface area contributed by atoms with Gasteiger partial charge in [0.15, 0.2) is 0 Å². The van der Waals surface area contributed by atoms with Gasteiger partial charge in [0.25, 0.3) is 0 Å². The van der Waals surface area contributed by atoms with Crippen LogP contribution in [0.15, 0.2) is 24.3 Å². The maximum atomic E-state index is 4.82. The van der Waals surface area contributed by atoms with Gasteiger partial charge in [0.2, 0.25) is 0 Å². The Bertz CT molecular complexity index is 254. The van der Waals surface area contributed by atoms with Gasteiger partial charge in [0, 0.05) is 18.8 Å². The Hall–Kier alpha value is -1.22. The lowest BCUT2D eigenvalue weighted by Crippen LogP contribution is -2.21. The number of hydrogen-bond acceptors (Lipinski definition) is 3. The molecule has 0 fully saturated rings. The third kappa shape index (κ3) is 2.64. The van der Waals surface area contributed by atoms with Gasteiger partial charge in [-0.2, -0.15) is 0 Å². The van der Waals surface area contributed by atoms with Crippen molar-refractivity contribution >= 4 is 11.4 Å². The second-order valence-electron chi connectivity index (χ2n) is 3.03. The molecule has 1 N–H and O–H groups in total. The number of hydrogen-bond donors (Lipinski definition) is 1. The number of rotatable bonds is 5. The van der Waals surface area contributed by atoms with Crippen LogP contribution in [0.2, 0.25) is 0 Å². The van der Waals surface area contributed by atoms with Crippen LogP contribution in [0.25, 0.3) is 0 Å². The van der Waals surface area contributed by atoms with E-state index in [2.05, 4.69) is 36.4 Å². The number of nitrogens with one attached hydrogen (secondary N) is 1. The fraction of sp³-hybridized carbons (Fsp3) is 0.455. The van der Waals surface area contributed by atoms with Crippen LogP contribution in [-0.2, 0) is 4.84 Å². The highest BCUT2D eigenvalue weighted by Crippen LogP contribution is 2.17. The molecule has 3 heteroatoms. The lowest BCUT2D eigenvalue weighted by molar-refractivity contribution is 0.271. The van der Waals surface area contributed by atoms with E-state index in [1.54, 1.807) is 7.11 Å². The van der Waals surface area contributed by atoms with E-state index in [-0.39, 0.29) is 0 Å². The normalized spacial score (nSPS) is 9.93. The number of benzene rings is 1. The van der Waals surface area contributed by atoms with Gasteiger partial charge in [0.1, 0.15) is 0 Å². The minimum atomic E-state index is 0.975. The summed E-state index contributed by atoms with van der Waals surface area (Å²) in [4.78, 5) is 7.12. The maximum Gasteiger partial charge on any atom is 0.0636 e. The molecule has 0 aliphatic rings. The van der Waals surface area contributed by atoms with E-state index in [0.29, 0.717) is 0 Å². The topological polar surface area (TPSA) is 24.5 Å². The van der Waals surface area contributed by atoms with Gasteiger partial charge < -0.3 is 4.90 Å². The van der Waals surface area contributed by atoms with Crippen LogP contribution in [0.5, 0.6) is 0 Å². The first kappa shape index (κ1) is 10.9. The van der Waals surface area contributed by atoms with Gasteiger partial charge in [-0.15, -0.1) is 0 Å². The second-order valence-corrected chi connectivity index (χ2v) is 3.03. The number of nitrogens with zero attached hydrogens (tertiary/aromatic N) is 1. The van der Waals surface area contributed by atoms with Crippen LogP contribution >= 0.6 is 0 Å². The second kappa shape index (κ2) is 5.50. The molecule has 1 aromatic rings. The van der Waals surface area contributed by atoms with Crippen LogP contribution in [0.1, 0.15) is 13.8 Å². The third-order valence-electron chi connectivity index (χ3n) is 2.22. The smallest absolute Gasteiger partial charge is 0.0636 e. The van der Waals surface area contributed by atoms with Gasteiger partial charge in [-0.1, -0.05) is 0 Å². The zero-order chi connectivity index (χ0) is 10.4. The molecule has 0 spiro atoms. The van der Waals surface area contributed by atoms with Crippen molar-refractivity contribution in [1.29, 1.82) is 0 Å². The first-order valence-corrected chi connectivity index (χ1v) is 4.95. The molecule has 0 unspecified atom stereocenters. The molecule has 3 nitrogen and oxygen atoms in total. The molecule has 0 radical (unpaired) electrons. The van der Waals surface area contributed by atoms with E-state index in [1.807, 2.05) is 12.1 Å². The van der Waals surface area contributed by atoms with Gasteiger partial charge >= 0.3 is 0 Å². The summed E-state index contributed by atoms with van der Waals surface area (Å²) in [7, 11) is 1.61. The SMILES string of the molecule is CCN(CC)c1ccc(NOC)cc1. The van der Waals surface area contributed by atoms with Crippen LogP contribution in [0.3, 0.4) is 0 Å². The highest BCUT2D eigenvalue weighted by atomic mass is 16.6. The Morgan fingerprint density at radius 3 is 2.14 bits per heavy atom. The molecule has 14 heavy (non-hydrogen) atoms. The van der Waals surface area contributed by atoms with Crippen molar-refractivity contribution in [2.45, 2.75) is 13.8 Å². The molecule has 1 aromatic carbocycles. The molecule has 0 saturated carbocycles. The van der Waals surface area contributed by atoms with Gasteiger partial charge in [-0.05, 0) is 38.1 Å². The number of anilines is 2. The summed E-state index contributed by atoms with van der Waals surface area (Å²) >= 11 is 0. The van der Waals surface area contributed by atoms with Crippen molar-refractivity contribution in [3.05, 3.63) is 24.3 Å². The maximum absolute atomic E-state index is 4.82. The monoisotopic (exact) mass is 194 g/mol. The van der Waals surface area contributed by atoms with Gasteiger partial charge in [-0.25, -0.2) is 0 Å². The lowest BCUT2D eigenvalue weighted by Gasteiger charge is -2.21. The average Bonchev–Trinajstić information content (AvgIpc) is 2.23.